The molecule has 6 heteroatoms. The highest BCUT2D eigenvalue weighted by molar-refractivity contribution is 6.33. The second kappa shape index (κ2) is 6.39. The summed E-state index contributed by atoms with van der Waals surface area (Å²) in [5.74, 6) is 0. The third-order valence-electron chi connectivity index (χ3n) is 3.19. The van der Waals surface area contributed by atoms with Gasteiger partial charge in [-0.25, -0.2) is 0 Å². The van der Waals surface area contributed by atoms with Crippen molar-refractivity contribution in [2.24, 2.45) is 0 Å². The third kappa shape index (κ3) is 4.07. The molecule has 1 aliphatic carbocycles. The summed E-state index contributed by atoms with van der Waals surface area (Å²) in [5, 5.41) is 0.250. The maximum atomic E-state index is 12.6. The summed E-state index contributed by atoms with van der Waals surface area (Å²) < 4.78 is 37.9. The molecule has 0 spiro atoms. The predicted octanol–water partition coefficient (Wildman–Crippen LogP) is 5.12. The van der Waals surface area contributed by atoms with Crippen molar-refractivity contribution < 1.29 is 13.2 Å². The van der Waals surface area contributed by atoms with E-state index in [0.29, 0.717) is 0 Å². The highest BCUT2D eigenvalue weighted by atomic mass is 35.5. The summed E-state index contributed by atoms with van der Waals surface area (Å²) in [7, 11) is 0. The fraction of sp³-hybridized carbons (Fsp3) is 0.429. The lowest BCUT2D eigenvalue weighted by Gasteiger charge is -2.15. The van der Waals surface area contributed by atoms with Gasteiger partial charge in [0.05, 0.1) is 16.3 Å². The van der Waals surface area contributed by atoms with Crippen LogP contribution in [-0.4, -0.2) is 0 Å². The molecule has 0 radical (unpaired) electrons. The molecule has 20 heavy (non-hydrogen) atoms. The van der Waals surface area contributed by atoms with Gasteiger partial charge < -0.3 is 5.43 Å². The van der Waals surface area contributed by atoms with E-state index in [1.165, 1.54) is 12.5 Å². The van der Waals surface area contributed by atoms with E-state index < -0.39 is 11.7 Å². The zero-order chi connectivity index (χ0) is 14.6. The fourth-order valence-electron chi connectivity index (χ4n) is 2.07. The van der Waals surface area contributed by atoms with E-state index in [-0.39, 0.29) is 10.7 Å². The summed E-state index contributed by atoms with van der Waals surface area (Å²) in [6.45, 7) is 0. The van der Waals surface area contributed by atoms with Crippen molar-refractivity contribution in [3.8, 4) is 0 Å². The minimum absolute atomic E-state index is 0.228. The van der Waals surface area contributed by atoms with Crippen molar-refractivity contribution in [1.29, 1.82) is 0 Å². The van der Waals surface area contributed by atoms with E-state index in [1.54, 1.807) is 0 Å². The predicted molar refractivity (Wildman–Crippen MR) is 74.4 cm³/mol. The van der Waals surface area contributed by atoms with Crippen LogP contribution >= 0.6 is 11.6 Å². The first-order chi connectivity index (χ1) is 9.47. The van der Waals surface area contributed by atoms with Crippen LogP contribution in [0.4, 0.5) is 18.9 Å². The highest BCUT2D eigenvalue weighted by Gasteiger charge is 2.30. The van der Waals surface area contributed by atoms with Crippen molar-refractivity contribution in [3.05, 3.63) is 40.6 Å². The van der Waals surface area contributed by atoms with E-state index >= 15 is 0 Å². The van der Waals surface area contributed by atoms with E-state index in [0.717, 1.165) is 43.5 Å². The van der Waals surface area contributed by atoms with Gasteiger partial charge in [-0.05, 0) is 43.9 Å². The molecule has 1 aromatic carbocycles. The van der Waals surface area contributed by atoms with Crippen LogP contribution in [0.3, 0.4) is 0 Å². The Balaban J connectivity index is 2.06. The van der Waals surface area contributed by atoms with Crippen LogP contribution in [0.25, 0.3) is 0 Å². The van der Waals surface area contributed by atoms with Crippen LogP contribution in [-0.2, 0) is 6.18 Å². The maximum Gasteiger partial charge on any atom is 0.416 e. The number of alkyl halides is 3. The Hall–Kier alpha value is -1.36. The van der Waals surface area contributed by atoms with Crippen LogP contribution in [0.2, 0.25) is 5.02 Å². The fourth-order valence-corrected chi connectivity index (χ4v) is 2.24. The van der Waals surface area contributed by atoms with Crippen LogP contribution in [0, 0.1) is 0 Å². The first-order valence-electron chi connectivity index (χ1n) is 6.54. The zero-order valence-corrected chi connectivity index (χ0v) is 11.6. The minimum Gasteiger partial charge on any atom is -0.305 e. The molecule has 2 nitrogen and oxygen atoms in total. The number of benzene rings is 1. The number of hydrazine groups is 1. The van der Waals surface area contributed by atoms with Gasteiger partial charge in [0.2, 0.25) is 0 Å². The topological polar surface area (TPSA) is 24.1 Å². The molecule has 0 aliphatic heterocycles. The van der Waals surface area contributed by atoms with Crippen molar-refractivity contribution in [2.45, 2.75) is 38.3 Å². The molecule has 0 unspecified atom stereocenters. The van der Waals surface area contributed by atoms with E-state index in [1.807, 2.05) is 0 Å². The Kier molecular flexibility index (Phi) is 4.81. The SMILES string of the molecule is FC(F)(F)c1ccc(Cl)c(NNC2=CCCCCC2)c1. The number of allylic oxidation sites excluding steroid dienone is 2. The highest BCUT2D eigenvalue weighted by Crippen LogP contribution is 2.33. The number of hydrogen-bond acceptors (Lipinski definition) is 2. The molecule has 0 heterocycles. The quantitative estimate of drug-likeness (QED) is 0.757. The minimum atomic E-state index is -4.37. The summed E-state index contributed by atoms with van der Waals surface area (Å²) in [4.78, 5) is 0. The molecule has 2 rings (SSSR count). The molecular formula is C14H16ClF3N2. The number of rotatable bonds is 3. The second-order valence-corrected chi connectivity index (χ2v) is 5.18. The molecule has 2 N–H and O–H groups in total. The summed E-state index contributed by atoms with van der Waals surface area (Å²) in [5.41, 5.74) is 6.23. The average molecular weight is 305 g/mol. The number of nitrogens with one attached hydrogen (secondary N) is 2. The van der Waals surface area contributed by atoms with Gasteiger partial charge in [-0.15, -0.1) is 0 Å². The van der Waals surface area contributed by atoms with Crippen molar-refractivity contribution >= 4 is 17.3 Å². The van der Waals surface area contributed by atoms with Crippen LogP contribution < -0.4 is 10.9 Å². The molecule has 110 valence electrons. The standard InChI is InChI=1S/C14H16ClF3N2/c15-12-8-7-10(14(16,17)18)9-13(12)20-19-11-5-3-1-2-4-6-11/h5,7-9,19-20H,1-4,6H2. The Bertz CT molecular complexity index is 498. The molecule has 0 aromatic heterocycles. The third-order valence-corrected chi connectivity index (χ3v) is 3.52. The van der Waals surface area contributed by atoms with Crippen LogP contribution in [0.5, 0.6) is 0 Å². The van der Waals surface area contributed by atoms with Gasteiger partial charge in [0.25, 0.3) is 0 Å². The number of hydrogen-bond donors (Lipinski definition) is 2. The molecule has 0 bridgehead atoms. The van der Waals surface area contributed by atoms with E-state index in [2.05, 4.69) is 16.9 Å². The Labute approximate surface area is 121 Å². The molecule has 1 aromatic rings. The van der Waals surface area contributed by atoms with Crippen LogP contribution in [0.15, 0.2) is 30.0 Å². The molecule has 1 aliphatic rings. The normalized spacial score (nSPS) is 16.3. The summed E-state index contributed by atoms with van der Waals surface area (Å²) >= 11 is 5.91. The molecule has 0 amide bonds. The molecule has 0 fully saturated rings. The first-order valence-corrected chi connectivity index (χ1v) is 6.92. The average Bonchev–Trinajstić information content (AvgIpc) is 2.65. The van der Waals surface area contributed by atoms with Crippen molar-refractivity contribution in [1.82, 2.24) is 5.43 Å². The Morgan fingerprint density at radius 3 is 2.60 bits per heavy atom. The lowest BCUT2D eigenvalue weighted by molar-refractivity contribution is -0.137. The zero-order valence-electron chi connectivity index (χ0n) is 10.9. The first kappa shape index (κ1) is 15.0. The maximum absolute atomic E-state index is 12.6. The molecule has 0 atom stereocenters. The lowest BCUT2D eigenvalue weighted by Crippen LogP contribution is -2.21. The largest absolute Gasteiger partial charge is 0.416 e. The Morgan fingerprint density at radius 2 is 1.85 bits per heavy atom. The monoisotopic (exact) mass is 304 g/mol. The van der Waals surface area contributed by atoms with Crippen LogP contribution in [0.1, 0.15) is 37.7 Å². The smallest absolute Gasteiger partial charge is 0.305 e. The lowest BCUT2D eigenvalue weighted by atomic mass is 10.2. The molecule has 0 saturated heterocycles. The van der Waals surface area contributed by atoms with Gasteiger partial charge >= 0.3 is 6.18 Å². The molecule has 0 saturated carbocycles. The van der Waals surface area contributed by atoms with Gasteiger partial charge in [-0.3, -0.25) is 5.43 Å². The van der Waals surface area contributed by atoms with Gasteiger partial charge in [0, 0.05) is 5.70 Å². The molecular weight excluding hydrogens is 289 g/mol. The van der Waals surface area contributed by atoms with Gasteiger partial charge in [0.15, 0.2) is 0 Å². The van der Waals surface area contributed by atoms with Crippen molar-refractivity contribution in [3.63, 3.8) is 0 Å². The van der Waals surface area contributed by atoms with Crippen molar-refractivity contribution in [2.75, 3.05) is 5.43 Å². The second-order valence-electron chi connectivity index (χ2n) is 4.77. The van der Waals surface area contributed by atoms with Gasteiger partial charge in [-0.2, -0.15) is 13.2 Å². The van der Waals surface area contributed by atoms with E-state index in [9.17, 15) is 13.2 Å². The Morgan fingerprint density at radius 1 is 1.05 bits per heavy atom. The summed E-state index contributed by atoms with van der Waals surface area (Å²) in [6, 6.07) is 3.22. The number of halogens is 4. The number of anilines is 1. The van der Waals surface area contributed by atoms with Gasteiger partial charge in [0.1, 0.15) is 0 Å². The van der Waals surface area contributed by atoms with Gasteiger partial charge in [-0.1, -0.05) is 24.1 Å². The summed E-state index contributed by atoms with van der Waals surface area (Å²) in [6.07, 6.45) is 2.98. The van der Waals surface area contributed by atoms with E-state index in [4.69, 9.17) is 11.6 Å².